The van der Waals surface area contributed by atoms with Crippen molar-refractivity contribution >= 4 is 40.6 Å². The van der Waals surface area contributed by atoms with E-state index in [9.17, 15) is 9.59 Å². The smallest absolute Gasteiger partial charge is 0.261 e. The summed E-state index contributed by atoms with van der Waals surface area (Å²) in [6.07, 6.45) is 3.43. The van der Waals surface area contributed by atoms with Gasteiger partial charge in [-0.3, -0.25) is 9.59 Å². The van der Waals surface area contributed by atoms with E-state index < -0.39 is 0 Å². The lowest BCUT2D eigenvalue weighted by Gasteiger charge is -2.20. The van der Waals surface area contributed by atoms with Crippen LogP contribution in [0.2, 0.25) is 0 Å². The molecule has 1 aromatic heterocycles. The van der Waals surface area contributed by atoms with Crippen LogP contribution in [0.5, 0.6) is 0 Å². The lowest BCUT2D eigenvalue weighted by Crippen LogP contribution is -2.42. The van der Waals surface area contributed by atoms with E-state index in [1.165, 1.54) is 24.7 Å². The number of carbonyl (C=O) groups is 2. The molecule has 26 heavy (non-hydrogen) atoms. The highest BCUT2D eigenvalue weighted by Crippen LogP contribution is 2.33. The van der Waals surface area contributed by atoms with Gasteiger partial charge in [-0.05, 0) is 43.5 Å². The Morgan fingerprint density at radius 3 is 2.85 bits per heavy atom. The van der Waals surface area contributed by atoms with Gasteiger partial charge in [-0.1, -0.05) is 17.8 Å². The van der Waals surface area contributed by atoms with Gasteiger partial charge in [0.05, 0.1) is 4.88 Å². The van der Waals surface area contributed by atoms with E-state index in [0.717, 1.165) is 33.2 Å². The zero-order valence-corrected chi connectivity index (χ0v) is 16.1. The minimum atomic E-state index is -0.0863. The number of nitrogens with one attached hydrogen (secondary N) is 3. The molecule has 2 fully saturated rings. The maximum absolute atomic E-state index is 12.5. The fraction of sp³-hybridized carbons (Fsp3) is 0.368. The molecule has 0 spiro atoms. The SMILES string of the molecule is CC(=O)Nc1cccc(Sc2csc(C(=O)NC3CC4CCC3N4)c2)c1. The van der Waals surface area contributed by atoms with Crippen molar-refractivity contribution in [2.24, 2.45) is 0 Å². The molecule has 2 aromatic rings. The summed E-state index contributed by atoms with van der Waals surface area (Å²) in [5.41, 5.74) is 0.777. The third-order valence-electron chi connectivity index (χ3n) is 4.81. The van der Waals surface area contributed by atoms with Gasteiger partial charge in [0.1, 0.15) is 0 Å². The quantitative estimate of drug-likeness (QED) is 0.735. The number of benzene rings is 1. The summed E-state index contributed by atoms with van der Waals surface area (Å²) in [5.74, 6) is -0.0649. The highest BCUT2D eigenvalue weighted by molar-refractivity contribution is 7.99. The molecular formula is C19H21N3O2S2. The van der Waals surface area contributed by atoms with Crippen molar-refractivity contribution in [1.29, 1.82) is 0 Å². The van der Waals surface area contributed by atoms with E-state index in [-0.39, 0.29) is 17.9 Å². The monoisotopic (exact) mass is 387 g/mol. The number of thiophene rings is 1. The molecule has 3 heterocycles. The van der Waals surface area contributed by atoms with Crippen LogP contribution in [-0.2, 0) is 4.79 Å². The summed E-state index contributed by atoms with van der Waals surface area (Å²) >= 11 is 3.06. The third-order valence-corrected chi connectivity index (χ3v) is 6.85. The molecule has 0 radical (unpaired) electrons. The number of hydrogen-bond donors (Lipinski definition) is 3. The molecular weight excluding hydrogens is 366 g/mol. The fourth-order valence-corrected chi connectivity index (χ4v) is 5.56. The van der Waals surface area contributed by atoms with Gasteiger partial charge in [0.25, 0.3) is 5.91 Å². The molecule has 7 heteroatoms. The van der Waals surface area contributed by atoms with Crippen molar-refractivity contribution in [2.45, 2.75) is 54.1 Å². The molecule has 2 aliphatic rings. The standard InChI is InChI=1S/C19H21N3O2S2/c1-11(23)20-12-3-2-4-14(7-12)26-15-9-18(25-10-15)19(24)22-17-8-13-5-6-16(17)21-13/h2-4,7,9-10,13,16-17,21H,5-6,8H2,1H3,(H,20,23)(H,22,24). The van der Waals surface area contributed by atoms with Gasteiger partial charge in [0.2, 0.25) is 5.91 Å². The van der Waals surface area contributed by atoms with Crippen LogP contribution in [0.4, 0.5) is 5.69 Å². The largest absolute Gasteiger partial charge is 0.347 e. The highest BCUT2D eigenvalue weighted by Gasteiger charge is 2.39. The van der Waals surface area contributed by atoms with Gasteiger partial charge in [-0.25, -0.2) is 0 Å². The molecule has 2 saturated heterocycles. The molecule has 2 amide bonds. The number of amides is 2. The van der Waals surface area contributed by atoms with Crippen LogP contribution in [0.1, 0.15) is 35.9 Å². The minimum Gasteiger partial charge on any atom is -0.347 e. The third kappa shape index (κ3) is 3.95. The second-order valence-corrected chi connectivity index (χ2v) is 8.88. The average molecular weight is 388 g/mol. The van der Waals surface area contributed by atoms with E-state index in [1.54, 1.807) is 11.8 Å². The normalized spacial score (nSPS) is 23.8. The molecule has 3 atom stereocenters. The van der Waals surface area contributed by atoms with Crippen molar-refractivity contribution in [3.8, 4) is 0 Å². The van der Waals surface area contributed by atoms with Crippen LogP contribution in [0.15, 0.2) is 45.5 Å². The molecule has 4 rings (SSSR count). The van der Waals surface area contributed by atoms with E-state index in [1.807, 2.05) is 35.7 Å². The van der Waals surface area contributed by atoms with Crippen LogP contribution < -0.4 is 16.0 Å². The summed E-state index contributed by atoms with van der Waals surface area (Å²) in [7, 11) is 0. The van der Waals surface area contributed by atoms with Crippen molar-refractivity contribution in [3.05, 3.63) is 40.6 Å². The Morgan fingerprint density at radius 2 is 2.12 bits per heavy atom. The number of fused-ring (bicyclic) bond motifs is 2. The van der Waals surface area contributed by atoms with E-state index in [0.29, 0.717) is 12.1 Å². The number of anilines is 1. The number of hydrogen-bond acceptors (Lipinski definition) is 5. The molecule has 2 aliphatic heterocycles. The fourth-order valence-electron chi connectivity index (χ4n) is 3.69. The number of rotatable bonds is 5. The second kappa shape index (κ2) is 7.42. The Bertz CT molecular complexity index is 836. The minimum absolute atomic E-state index is 0.0215. The van der Waals surface area contributed by atoms with Crippen molar-refractivity contribution in [3.63, 3.8) is 0 Å². The van der Waals surface area contributed by atoms with Gasteiger partial charge in [-0.15, -0.1) is 11.3 Å². The van der Waals surface area contributed by atoms with Gasteiger partial charge < -0.3 is 16.0 Å². The van der Waals surface area contributed by atoms with Crippen LogP contribution in [0.3, 0.4) is 0 Å². The van der Waals surface area contributed by atoms with Crippen LogP contribution >= 0.6 is 23.1 Å². The van der Waals surface area contributed by atoms with Gasteiger partial charge >= 0.3 is 0 Å². The molecule has 5 nitrogen and oxygen atoms in total. The Morgan fingerprint density at radius 1 is 1.23 bits per heavy atom. The molecule has 1 aromatic carbocycles. The number of carbonyl (C=O) groups excluding carboxylic acids is 2. The van der Waals surface area contributed by atoms with Gasteiger partial charge in [0, 0.05) is 45.9 Å². The summed E-state index contributed by atoms with van der Waals surface area (Å²) in [5, 5.41) is 11.5. The zero-order chi connectivity index (χ0) is 18.1. The first-order valence-corrected chi connectivity index (χ1v) is 10.5. The first-order chi connectivity index (χ1) is 12.6. The van der Waals surface area contributed by atoms with Crippen LogP contribution in [0.25, 0.3) is 0 Å². The molecule has 136 valence electrons. The van der Waals surface area contributed by atoms with Crippen LogP contribution in [0, 0.1) is 0 Å². The summed E-state index contributed by atoms with van der Waals surface area (Å²) in [6.45, 7) is 1.50. The maximum Gasteiger partial charge on any atom is 0.261 e. The van der Waals surface area contributed by atoms with E-state index >= 15 is 0 Å². The van der Waals surface area contributed by atoms with Crippen LogP contribution in [-0.4, -0.2) is 29.9 Å². The van der Waals surface area contributed by atoms with Gasteiger partial charge in [-0.2, -0.15) is 0 Å². The Kier molecular flexibility index (Phi) is 5.02. The Hall–Kier alpha value is -1.83. The predicted octanol–water partition coefficient (Wildman–Crippen LogP) is 3.48. The molecule has 0 aliphatic carbocycles. The highest BCUT2D eigenvalue weighted by atomic mass is 32.2. The first-order valence-electron chi connectivity index (χ1n) is 8.78. The Balaban J connectivity index is 1.38. The Labute approximate surface area is 160 Å². The predicted molar refractivity (Wildman–Crippen MR) is 105 cm³/mol. The molecule has 2 bridgehead atoms. The lowest BCUT2D eigenvalue weighted by atomic mass is 9.95. The summed E-state index contributed by atoms with van der Waals surface area (Å²) < 4.78 is 0. The summed E-state index contributed by atoms with van der Waals surface area (Å²) in [4.78, 5) is 26.5. The summed E-state index contributed by atoms with van der Waals surface area (Å²) in [6, 6.07) is 10.9. The molecule has 0 saturated carbocycles. The average Bonchev–Trinajstić information content (AvgIpc) is 3.31. The molecule has 3 unspecified atom stereocenters. The zero-order valence-electron chi connectivity index (χ0n) is 14.5. The van der Waals surface area contributed by atoms with Crippen molar-refractivity contribution in [2.75, 3.05) is 5.32 Å². The lowest BCUT2D eigenvalue weighted by molar-refractivity contribution is -0.114. The van der Waals surface area contributed by atoms with Gasteiger partial charge in [0.15, 0.2) is 0 Å². The topological polar surface area (TPSA) is 70.2 Å². The maximum atomic E-state index is 12.5. The van der Waals surface area contributed by atoms with Crippen molar-refractivity contribution < 1.29 is 9.59 Å². The first kappa shape index (κ1) is 17.6. The molecule has 3 N–H and O–H groups in total. The second-order valence-electron chi connectivity index (χ2n) is 6.82. The van der Waals surface area contributed by atoms with Crippen molar-refractivity contribution in [1.82, 2.24) is 10.6 Å². The van der Waals surface area contributed by atoms with E-state index in [4.69, 9.17) is 0 Å². The van der Waals surface area contributed by atoms with E-state index in [2.05, 4.69) is 16.0 Å².